The van der Waals surface area contributed by atoms with Crippen LogP contribution in [-0.4, -0.2) is 11.9 Å². The molecule has 0 aromatic heterocycles. The van der Waals surface area contributed by atoms with Crippen molar-refractivity contribution in [1.82, 2.24) is 5.32 Å². The van der Waals surface area contributed by atoms with Gasteiger partial charge in [-0.3, -0.25) is 10.1 Å². The third-order valence-electron chi connectivity index (χ3n) is 2.30. The number of rotatable bonds is 4. The molecule has 0 bridgehead atoms. The molecule has 82 valence electrons. The Bertz CT molecular complexity index is 354. The zero-order chi connectivity index (χ0) is 11.4. The molecule has 0 spiro atoms. The fraction of sp³-hybridized carbons (Fsp3) is 0.364. The molecule has 0 heterocycles. The first-order valence-corrected chi connectivity index (χ1v) is 5.61. The lowest BCUT2D eigenvalue weighted by Gasteiger charge is -2.19. The third-order valence-corrected chi connectivity index (χ3v) is 3.02. The van der Waals surface area contributed by atoms with E-state index in [9.17, 15) is 4.79 Å². The molecule has 3 nitrogen and oxygen atoms in total. The zero-order valence-electron chi connectivity index (χ0n) is 8.83. The molecule has 4 heteroatoms. The molecule has 2 atom stereocenters. The van der Waals surface area contributed by atoms with Crippen LogP contribution in [0.15, 0.2) is 28.7 Å². The highest BCUT2D eigenvalue weighted by molar-refractivity contribution is 9.10. The second-order valence-corrected chi connectivity index (χ2v) is 4.39. The Kier molecular flexibility index (Phi) is 4.29. The van der Waals surface area contributed by atoms with E-state index in [1.807, 2.05) is 31.2 Å². The highest BCUT2D eigenvalue weighted by Gasteiger charge is 2.14. The quantitative estimate of drug-likeness (QED) is 0.879. The fourth-order valence-electron chi connectivity index (χ4n) is 1.37. The highest BCUT2D eigenvalue weighted by Crippen LogP contribution is 2.22. The second-order valence-electron chi connectivity index (χ2n) is 3.53. The van der Waals surface area contributed by atoms with Crippen molar-refractivity contribution in [1.29, 1.82) is 0 Å². The number of primary amides is 1. The summed E-state index contributed by atoms with van der Waals surface area (Å²) in [7, 11) is 0. The summed E-state index contributed by atoms with van der Waals surface area (Å²) in [6, 6.07) is 7.67. The Morgan fingerprint density at radius 1 is 1.40 bits per heavy atom. The van der Waals surface area contributed by atoms with E-state index in [2.05, 4.69) is 21.2 Å². The number of carbonyl (C=O) groups excluding carboxylic acids is 1. The zero-order valence-corrected chi connectivity index (χ0v) is 10.4. The van der Waals surface area contributed by atoms with E-state index in [-0.39, 0.29) is 18.0 Å². The Morgan fingerprint density at radius 3 is 2.53 bits per heavy atom. The maximum atomic E-state index is 10.9. The van der Waals surface area contributed by atoms with Gasteiger partial charge < -0.3 is 5.73 Å². The molecule has 0 aliphatic rings. The Hall–Kier alpha value is -0.870. The maximum Gasteiger partial charge on any atom is 0.234 e. The first-order valence-electron chi connectivity index (χ1n) is 4.82. The van der Waals surface area contributed by atoms with Crippen LogP contribution in [-0.2, 0) is 4.79 Å². The first kappa shape index (κ1) is 12.2. The SMILES string of the molecule is CC(N[C@H](C)c1ccccc1Br)C(N)=O. The number of hydrogen-bond donors (Lipinski definition) is 2. The second kappa shape index (κ2) is 5.28. The van der Waals surface area contributed by atoms with Crippen LogP contribution in [0.2, 0.25) is 0 Å². The fourth-order valence-corrected chi connectivity index (χ4v) is 2.00. The summed E-state index contributed by atoms with van der Waals surface area (Å²) < 4.78 is 1.03. The predicted octanol–water partition coefficient (Wildman–Crippen LogP) is 1.97. The van der Waals surface area contributed by atoms with Crippen LogP contribution < -0.4 is 11.1 Å². The van der Waals surface area contributed by atoms with Crippen molar-refractivity contribution in [2.75, 3.05) is 0 Å². The number of hydrogen-bond acceptors (Lipinski definition) is 2. The Morgan fingerprint density at radius 2 is 2.00 bits per heavy atom. The standard InChI is InChI=1S/C11H15BrN2O/c1-7(14-8(2)11(13)15)9-5-3-4-6-10(9)12/h3-8,14H,1-2H3,(H2,13,15)/t7-,8?/m1/s1. The van der Waals surface area contributed by atoms with E-state index in [0.717, 1.165) is 10.0 Å². The van der Waals surface area contributed by atoms with Crippen molar-refractivity contribution in [2.45, 2.75) is 25.9 Å². The molecule has 0 aliphatic carbocycles. The third kappa shape index (κ3) is 3.32. The van der Waals surface area contributed by atoms with Crippen LogP contribution in [0.4, 0.5) is 0 Å². The summed E-state index contributed by atoms with van der Waals surface area (Å²) in [5, 5.41) is 3.13. The molecule has 0 aliphatic heterocycles. The van der Waals surface area contributed by atoms with Crippen molar-refractivity contribution >= 4 is 21.8 Å². The van der Waals surface area contributed by atoms with Crippen LogP contribution in [0.1, 0.15) is 25.5 Å². The van der Waals surface area contributed by atoms with E-state index >= 15 is 0 Å². The minimum atomic E-state index is -0.339. The number of halogens is 1. The van der Waals surface area contributed by atoms with Crippen molar-refractivity contribution in [3.63, 3.8) is 0 Å². The van der Waals surface area contributed by atoms with Crippen molar-refractivity contribution in [3.8, 4) is 0 Å². The van der Waals surface area contributed by atoms with Crippen molar-refractivity contribution < 1.29 is 4.79 Å². The van der Waals surface area contributed by atoms with Crippen LogP contribution in [0.25, 0.3) is 0 Å². The first-order chi connectivity index (χ1) is 7.02. The summed E-state index contributed by atoms with van der Waals surface area (Å²) in [5.74, 6) is -0.339. The summed E-state index contributed by atoms with van der Waals surface area (Å²) in [6.45, 7) is 3.76. The smallest absolute Gasteiger partial charge is 0.234 e. The summed E-state index contributed by atoms with van der Waals surface area (Å²) in [5.41, 5.74) is 6.30. The monoisotopic (exact) mass is 270 g/mol. The molecule has 0 saturated carbocycles. The molecule has 3 N–H and O–H groups in total. The van der Waals surface area contributed by atoms with Gasteiger partial charge >= 0.3 is 0 Å². The van der Waals surface area contributed by atoms with Crippen molar-refractivity contribution in [2.24, 2.45) is 5.73 Å². The summed E-state index contributed by atoms with van der Waals surface area (Å²) in [4.78, 5) is 10.9. The molecule has 1 aromatic carbocycles. The average Bonchev–Trinajstić information content (AvgIpc) is 2.18. The van der Waals surface area contributed by atoms with Gasteiger partial charge in [0.05, 0.1) is 6.04 Å². The maximum absolute atomic E-state index is 10.9. The Labute approximate surface area is 98.2 Å². The van der Waals surface area contributed by atoms with Gasteiger partial charge in [-0.15, -0.1) is 0 Å². The lowest BCUT2D eigenvalue weighted by atomic mass is 10.1. The van der Waals surface area contributed by atoms with Gasteiger partial charge in [0.25, 0.3) is 0 Å². The molecular weight excluding hydrogens is 256 g/mol. The lowest BCUT2D eigenvalue weighted by molar-refractivity contribution is -0.119. The average molecular weight is 271 g/mol. The van der Waals surface area contributed by atoms with Crippen molar-refractivity contribution in [3.05, 3.63) is 34.3 Å². The summed E-state index contributed by atoms with van der Waals surface area (Å²) >= 11 is 3.47. The van der Waals surface area contributed by atoms with E-state index in [0.29, 0.717) is 0 Å². The van der Waals surface area contributed by atoms with Gasteiger partial charge in [-0.05, 0) is 25.5 Å². The van der Waals surface area contributed by atoms with Gasteiger partial charge in [0.15, 0.2) is 0 Å². The molecule has 1 unspecified atom stereocenters. The molecule has 1 rings (SSSR count). The molecule has 0 saturated heterocycles. The summed E-state index contributed by atoms with van der Waals surface area (Å²) in [6.07, 6.45) is 0. The van der Waals surface area contributed by atoms with Crippen LogP contribution >= 0.6 is 15.9 Å². The van der Waals surface area contributed by atoms with Crippen LogP contribution in [0, 0.1) is 0 Å². The van der Waals surface area contributed by atoms with E-state index in [1.165, 1.54) is 0 Å². The van der Waals surface area contributed by atoms with Crippen LogP contribution in [0.3, 0.4) is 0 Å². The molecule has 0 fully saturated rings. The highest BCUT2D eigenvalue weighted by atomic mass is 79.9. The van der Waals surface area contributed by atoms with E-state index < -0.39 is 0 Å². The topological polar surface area (TPSA) is 55.1 Å². The number of nitrogens with one attached hydrogen (secondary N) is 1. The van der Waals surface area contributed by atoms with Gasteiger partial charge in [-0.1, -0.05) is 34.1 Å². The number of carbonyl (C=O) groups is 1. The number of amides is 1. The van der Waals surface area contributed by atoms with Crippen LogP contribution in [0.5, 0.6) is 0 Å². The van der Waals surface area contributed by atoms with Gasteiger partial charge in [-0.25, -0.2) is 0 Å². The molecule has 15 heavy (non-hydrogen) atoms. The largest absolute Gasteiger partial charge is 0.368 e. The normalized spacial score (nSPS) is 14.6. The predicted molar refractivity (Wildman–Crippen MR) is 64.3 cm³/mol. The van der Waals surface area contributed by atoms with Gasteiger partial charge in [0.1, 0.15) is 0 Å². The van der Waals surface area contributed by atoms with Gasteiger partial charge in [0.2, 0.25) is 5.91 Å². The number of nitrogens with two attached hydrogens (primary N) is 1. The molecule has 0 radical (unpaired) electrons. The Balaban J connectivity index is 2.73. The van der Waals surface area contributed by atoms with Gasteiger partial charge in [-0.2, -0.15) is 0 Å². The molecular formula is C11H15BrN2O. The lowest BCUT2D eigenvalue weighted by Crippen LogP contribution is -2.40. The van der Waals surface area contributed by atoms with E-state index in [4.69, 9.17) is 5.73 Å². The number of benzene rings is 1. The minimum absolute atomic E-state index is 0.0862. The van der Waals surface area contributed by atoms with E-state index in [1.54, 1.807) is 6.92 Å². The molecule has 1 amide bonds. The van der Waals surface area contributed by atoms with Gasteiger partial charge in [0, 0.05) is 10.5 Å². The minimum Gasteiger partial charge on any atom is -0.368 e. The molecule has 1 aromatic rings.